The predicted octanol–water partition coefficient (Wildman–Crippen LogP) is 5.74. The van der Waals surface area contributed by atoms with E-state index in [1.54, 1.807) is 0 Å². The molecule has 2 nitrogen and oxygen atoms in total. The molecule has 0 radical (unpaired) electrons. The number of amides is 1. The van der Waals surface area contributed by atoms with Crippen LogP contribution in [-0.2, 0) is 4.79 Å². The molecule has 1 aromatic rings. The summed E-state index contributed by atoms with van der Waals surface area (Å²) in [5, 5.41) is 3.34. The lowest BCUT2D eigenvalue weighted by atomic mass is 9.46. The van der Waals surface area contributed by atoms with Crippen molar-refractivity contribution in [3.05, 3.63) is 35.9 Å². The fourth-order valence-corrected chi connectivity index (χ4v) is 6.19. The SMILES string of the molecule is CC(NC(=O)C1C(C)CCC2C(C)(C)CCCC12C)c1ccccc1. The smallest absolute Gasteiger partial charge is 0.224 e. The molecule has 1 aromatic carbocycles. The van der Waals surface area contributed by atoms with E-state index in [0.29, 0.717) is 17.3 Å². The lowest BCUT2D eigenvalue weighted by Gasteiger charge is -2.58. The highest BCUT2D eigenvalue weighted by atomic mass is 16.2. The molecule has 0 spiro atoms. The zero-order valence-corrected chi connectivity index (χ0v) is 16.6. The van der Waals surface area contributed by atoms with E-state index >= 15 is 0 Å². The van der Waals surface area contributed by atoms with Gasteiger partial charge < -0.3 is 5.32 Å². The van der Waals surface area contributed by atoms with Crippen LogP contribution in [0.1, 0.15) is 78.3 Å². The molecule has 0 aromatic heterocycles. The molecule has 0 aliphatic heterocycles. The second-order valence-corrected chi connectivity index (χ2v) is 9.57. The quantitative estimate of drug-likeness (QED) is 0.746. The van der Waals surface area contributed by atoms with Gasteiger partial charge in [-0.25, -0.2) is 0 Å². The Morgan fingerprint density at radius 1 is 1.12 bits per heavy atom. The molecule has 2 fully saturated rings. The molecule has 0 heterocycles. The van der Waals surface area contributed by atoms with Gasteiger partial charge in [0.05, 0.1) is 6.04 Å². The van der Waals surface area contributed by atoms with E-state index in [-0.39, 0.29) is 23.3 Å². The van der Waals surface area contributed by atoms with Crippen LogP contribution >= 0.6 is 0 Å². The molecule has 1 amide bonds. The Morgan fingerprint density at radius 2 is 1.80 bits per heavy atom. The van der Waals surface area contributed by atoms with Crippen LogP contribution in [0.25, 0.3) is 0 Å². The zero-order valence-electron chi connectivity index (χ0n) is 16.6. The molecular weight excluding hydrogens is 306 g/mol. The van der Waals surface area contributed by atoms with Gasteiger partial charge >= 0.3 is 0 Å². The topological polar surface area (TPSA) is 29.1 Å². The van der Waals surface area contributed by atoms with Crippen molar-refractivity contribution in [3.8, 4) is 0 Å². The summed E-state index contributed by atoms with van der Waals surface area (Å²) in [7, 11) is 0. The molecule has 2 heteroatoms. The highest BCUT2D eigenvalue weighted by molar-refractivity contribution is 5.80. The number of rotatable bonds is 3. The number of fused-ring (bicyclic) bond motifs is 1. The van der Waals surface area contributed by atoms with E-state index in [4.69, 9.17) is 0 Å². The third-order valence-corrected chi connectivity index (χ3v) is 7.41. The summed E-state index contributed by atoms with van der Waals surface area (Å²) < 4.78 is 0. The van der Waals surface area contributed by atoms with Crippen molar-refractivity contribution in [2.45, 2.75) is 72.8 Å². The average Bonchev–Trinajstić information content (AvgIpc) is 2.54. The second-order valence-electron chi connectivity index (χ2n) is 9.57. The largest absolute Gasteiger partial charge is 0.349 e. The Kier molecular flexibility index (Phi) is 5.01. The summed E-state index contributed by atoms with van der Waals surface area (Å²) in [6.07, 6.45) is 6.22. The van der Waals surface area contributed by atoms with Crippen molar-refractivity contribution in [1.82, 2.24) is 5.32 Å². The number of carbonyl (C=O) groups excluding carboxylic acids is 1. The summed E-state index contributed by atoms with van der Waals surface area (Å²) in [5.74, 6) is 1.54. The first-order valence-electron chi connectivity index (χ1n) is 10.1. The third-order valence-electron chi connectivity index (χ3n) is 7.41. The lowest BCUT2D eigenvalue weighted by molar-refractivity contribution is -0.147. The molecule has 2 aliphatic carbocycles. The van der Waals surface area contributed by atoms with Crippen LogP contribution in [0.4, 0.5) is 0 Å². The molecule has 5 atom stereocenters. The predicted molar refractivity (Wildman–Crippen MR) is 104 cm³/mol. The Hall–Kier alpha value is -1.31. The van der Waals surface area contributed by atoms with Crippen LogP contribution in [-0.4, -0.2) is 5.91 Å². The first-order chi connectivity index (χ1) is 11.8. The summed E-state index contributed by atoms with van der Waals surface area (Å²) >= 11 is 0. The molecule has 1 N–H and O–H groups in total. The Balaban J connectivity index is 1.82. The van der Waals surface area contributed by atoms with Crippen molar-refractivity contribution >= 4 is 5.91 Å². The van der Waals surface area contributed by atoms with Gasteiger partial charge in [-0.2, -0.15) is 0 Å². The van der Waals surface area contributed by atoms with Crippen LogP contribution in [0, 0.1) is 28.6 Å². The fourth-order valence-electron chi connectivity index (χ4n) is 6.19. The number of benzene rings is 1. The van der Waals surface area contributed by atoms with E-state index in [1.165, 1.54) is 37.7 Å². The molecule has 138 valence electrons. The number of nitrogens with one attached hydrogen (secondary N) is 1. The normalized spacial score (nSPS) is 35.5. The monoisotopic (exact) mass is 341 g/mol. The molecular formula is C23H35NO. The summed E-state index contributed by atoms with van der Waals surface area (Å²) in [6, 6.07) is 10.4. The molecule has 0 bridgehead atoms. The minimum Gasteiger partial charge on any atom is -0.349 e. The van der Waals surface area contributed by atoms with E-state index in [2.05, 4.69) is 52.1 Å². The van der Waals surface area contributed by atoms with Crippen molar-refractivity contribution in [2.24, 2.45) is 28.6 Å². The average molecular weight is 342 g/mol. The minimum atomic E-state index is 0.0708. The number of hydrogen-bond donors (Lipinski definition) is 1. The lowest BCUT2D eigenvalue weighted by Crippen LogP contribution is -2.55. The van der Waals surface area contributed by atoms with Crippen LogP contribution in [0.5, 0.6) is 0 Å². The summed E-state index contributed by atoms with van der Waals surface area (Å²) in [6.45, 7) is 11.6. The van der Waals surface area contributed by atoms with Gasteiger partial charge in [-0.15, -0.1) is 0 Å². The van der Waals surface area contributed by atoms with Gasteiger partial charge in [-0.3, -0.25) is 4.79 Å². The van der Waals surface area contributed by atoms with E-state index in [9.17, 15) is 4.79 Å². The van der Waals surface area contributed by atoms with Gasteiger partial charge in [0, 0.05) is 5.92 Å². The molecule has 2 saturated carbocycles. The Morgan fingerprint density at radius 3 is 2.48 bits per heavy atom. The van der Waals surface area contributed by atoms with Crippen molar-refractivity contribution in [2.75, 3.05) is 0 Å². The van der Waals surface area contributed by atoms with E-state index in [1.807, 2.05) is 18.2 Å². The van der Waals surface area contributed by atoms with Crippen molar-refractivity contribution in [1.29, 1.82) is 0 Å². The molecule has 0 saturated heterocycles. The van der Waals surface area contributed by atoms with E-state index in [0.717, 1.165) is 0 Å². The minimum absolute atomic E-state index is 0.0708. The highest BCUT2D eigenvalue weighted by Gasteiger charge is 2.56. The summed E-state index contributed by atoms with van der Waals surface area (Å²) in [4.78, 5) is 13.4. The van der Waals surface area contributed by atoms with Crippen molar-refractivity contribution in [3.63, 3.8) is 0 Å². The molecule has 2 aliphatic rings. The van der Waals surface area contributed by atoms with Gasteiger partial charge in [0.1, 0.15) is 0 Å². The Labute approximate surface area is 153 Å². The van der Waals surface area contributed by atoms with Crippen LogP contribution < -0.4 is 5.32 Å². The fraction of sp³-hybridized carbons (Fsp3) is 0.696. The maximum atomic E-state index is 13.4. The summed E-state index contributed by atoms with van der Waals surface area (Å²) in [5.41, 5.74) is 1.68. The maximum absolute atomic E-state index is 13.4. The number of carbonyl (C=O) groups is 1. The Bertz CT molecular complexity index is 608. The van der Waals surface area contributed by atoms with E-state index < -0.39 is 0 Å². The van der Waals surface area contributed by atoms with Gasteiger partial charge in [-0.05, 0) is 60.8 Å². The third kappa shape index (κ3) is 3.37. The van der Waals surface area contributed by atoms with Crippen LogP contribution in [0.3, 0.4) is 0 Å². The van der Waals surface area contributed by atoms with Crippen LogP contribution in [0.2, 0.25) is 0 Å². The van der Waals surface area contributed by atoms with Crippen LogP contribution in [0.15, 0.2) is 30.3 Å². The second kappa shape index (κ2) is 6.78. The van der Waals surface area contributed by atoms with Gasteiger partial charge in [0.15, 0.2) is 0 Å². The highest BCUT2D eigenvalue weighted by Crippen LogP contribution is 2.61. The molecule has 3 rings (SSSR count). The zero-order chi connectivity index (χ0) is 18.2. The van der Waals surface area contributed by atoms with Crippen molar-refractivity contribution < 1.29 is 4.79 Å². The number of hydrogen-bond acceptors (Lipinski definition) is 1. The molecule has 25 heavy (non-hydrogen) atoms. The standard InChI is InChI=1S/C23H35NO/c1-16-12-13-19-22(3,4)14-9-15-23(19,5)20(16)21(25)24-17(2)18-10-7-6-8-11-18/h6-8,10-11,16-17,19-20H,9,12-15H2,1-5H3,(H,24,25). The van der Waals surface area contributed by atoms with Gasteiger partial charge in [-0.1, -0.05) is 64.4 Å². The molecule has 5 unspecified atom stereocenters. The maximum Gasteiger partial charge on any atom is 0.224 e. The van der Waals surface area contributed by atoms with Gasteiger partial charge in [0.2, 0.25) is 5.91 Å². The first-order valence-corrected chi connectivity index (χ1v) is 10.1. The first kappa shape index (κ1) is 18.5. The van der Waals surface area contributed by atoms with Gasteiger partial charge in [0.25, 0.3) is 0 Å².